The maximum Gasteiger partial charge on any atom is 0.228 e. The molecule has 0 atom stereocenters. The van der Waals surface area contributed by atoms with Crippen LogP contribution in [-0.2, 0) is 47.3 Å². The summed E-state index contributed by atoms with van der Waals surface area (Å²) in [6.07, 6.45) is 11.4. The van der Waals surface area contributed by atoms with E-state index in [0.29, 0.717) is 125 Å². The van der Waals surface area contributed by atoms with Gasteiger partial charge in [-0.3, -0.25) is 14.4 Å². The van der Waals surface area contributed by atoms with Crippen LogP contribution in [0.2, 0.25) is 0 Å². The van der Waals surface area contributed by atoms with Crippen molar-refractivity contribution in [3.63, 3.8) is 0 Å². The van der Waals surface area contributed by atoms with Gasteiger partial charge in [-0.05, 0) is 128 Å². The number of hydrogen-bond acceptors (Lipinski definition) is 12. The lowest BCUT2D eigenvalue weighted by molar-refractivity contribution is -0.119. The molecule has 9 aromatic rings. The fourth-order valence-electron chi connectivity index (χ4n) is 13.1. The number of benzene rings is 9. The molecule has 0 unspecified atom stereocenters. The van der Waals surface area contributed by atoms with Gasteiger partial charge in [-0.15, -0.1) is 0 Å². The first kappa shape index (κ1) is 75.5. The molecule has 1 aliphatic rings. The lowest BCUT2D eigenvalue weighted by Gasteiger charge is -2.19. The number of unbranched alkanes of at least 4 members (excludes halogenated alkanes) is 9. The summed E-state index contributed by atoms with van der Waals surface area (Å²) in [5.41, 5.74) is 6.44. The molecular formula is C84H96N3O12P3. The number of methoxy groups -OCH3 is 3. The van der Waals surface area contributed by atoms with Crippen LogP contribution in [-0.4, -0.2) is 97.0 Å². The number of ether oxygens (including phenoxy) is 6. The van der Waals surface area contributed by atoms with Crippen LogP contribution >= 0.6 is 21.4 Å². The largest absolute Gasteiger partial charge is 0.493 e. The van der Waals surface area contributed by atoms with Gasteiger partial charge in [0, 0.05) is 51.5 Å². The third-order valence-electron chi connectivity index (χ3n) is 18.7. The summed E-state index contributed by atoms with van der Waals surface area (Å²) < 4.78 is 81.4. The van der Waals surface area contributed by atoms with Crippen LogP contribution in [0.15, 0.2) is 218 Å². The van der Waals surface area contributed by atoms with Gasteiger partial charge in [-0.25, -0.2) is 0 Å². The summed E-state index contributed by atoms with van der Waals surface area (Å²) in [5.74, 6) is 3.15. The van der Waals surface area contributed by atoms with E-state index in [0.717, 1.165) is 110 Å². The summed E-state index contributed by atoms with van der Waals surface area (Å²) in [5, 5.41) is 13.1. The number of carbonyl (C=O) groups is 3. The minimum atomic E-state index is -3.18. The number of nitrogens with one attached hydrogen (secondary N) is 3. The highest BCUT2D eigenvalue weighted by molar-refractivity contribution is 7.80. The Hall–Kier alpha value is -9.12. The summed E-state index contributed by atoms with van der Waals surface area (Å²) in [6.45, 7) is 2.84. The van der Waals surface area contributed by atoms with Crippen molar-refractivity contribution in [1.82, 2.24) is 16.0 Å². The standard InChI is InChI=1S/C84H96N3O12P3/c1-94-76-55-64-52-68-59-80(98-50-32-8-5-29-47-86-83(89)62-101(92,72-38-20-12-21-39-72)73-40-22-13-23-41-73)78(96-3)57-66(68)54-69-60-81(99-51-33-9-6-30-48-87-84(90)63-102(93,74-42-24-14-25-43-74)75-44-26-15-27-45-75)77(95-2)56-65(69)53-67(64)58-79(76)97-49-31-7-4-28-46-85-82(88)61-100(91,70-34-16-10-17-35-70)71-36-18-11-19-37-71/h10-27,34-45,55-60H,4-9,28-33,46-54,61-63H2,1-3H3,(H,85,88)(H,86,89)(H,87,90). The SMILES string of the molecule is COc1cc2c(cc1OCCCCCCNC(=O)CP(=O)(c1ccccc1)c1ccccc1)Cc1cc(OC)c(OCCCCCCNC(=O)CP(=O)(c3ccccc3)c3ccccc3)cc1Cc1cc(OC)c(OCCCCCCNC(=O)CP(=O)(c3ccccc3)c3ccccc3)cc1C2. The topological polar surface area (TPSA) is 194 Å². The molecule has 0 aromatic heterocycles. The molecule has 0 fully saturated rings. The first-order valence-corrected chi connectivity index (χ1v) is 41.4. The molecule has 102 heavy (non-hydrogen) atoms. The number of fused-ring (bicyclic) bond motifs is 3. The predicted octanol–water partition coefficient (Wildman–Crippen LogP) is 14.0. The smallest absolute Gasteiger partial charge is 0.228 e. The van der Waals surface area contributed by atoms with Gasteiger partial charge in [0.05, 0.1) is 59.6 Å². The Balaban J connectivity index is 0.767. The summed E-state index contributed by atoms with van der Waals surface area (Å²) in [7, 11) is -4.53. The van der Waals surface area contributed by atoms with Gasteiger partial charge in [0.1, 0.15) is 0 Å². The number of rotatable bonds is 39. The molecule has 3 amide bonds. The minimum absolute atomic E-state index is 0.0915. The maximum atomic E-state index is 14.5. The molecule has 1 aliphatic carbocycles. The van der Waals surface area contributed by atoms with Gasteiger partial charge in [0.25, 0.3) is 0 Å². The third kappa shape index (κ3) is 20.6. The Kier molecular flexibility index (Phi) is 28.3. The van der Waals surface area contributed by atoms with Crippen LogP contribution in [0.3, 0.4) is 0 Å². The van der Waals surface area contributed by atoms with Crippen LogP contribution in [0.1, 0.15) is 110 Å². The molecule has 0 spiro atoms. The molecule has 0 saturated heterocycles. The first-order valence-electron chi connectivity index (χ1n) is 35.7. The lowest BCUT2D eigenvalue weighted by atomic mass is 9.94. The molecule has 15 nitrogen and oxygen atoms in total. The molecule has 18 heteroatoms. The Morgan fingerprint density at radius 2 is 0.480 bits per heavy atom. The zero-order valence-electron chi connectivity index (χ0n) is 59.0. The highest BCUT2D eigenvalue weighted by atomic mass is 31.2. The Bertz CT molecular complexity index is 3750. The van der Waals surface area contributed by atoms with Crippen LogP contribution in [0.25, 0.3) is 0 Å². The molecule has 0 aliphatic heterocycles. The highest BCUT2D eigenvalue weighted by Crippen LogP contribution is 2.46. The molecule has 534 valence electrons. The quantitative estimate of drug-likeness (QED) is 0.0244. The van der Waals surface area contributed by atoms with Gasteiger partial charge < -0.3 is 58.1 Å². The van der Waals surface area contributed by atoms with Gasteiger partial charge in [-0.2, -0.15) is 0 Å². The van der Waals surface area contributed by atoms with Crippen molar-refractivity contribution < 1.29 is 56.5 Å². The van der Waals surface area contributed by atoms with Crippen molar-refractivity contribution in [2.24, 2.45) is 0 Å². The van der Waals surface area contributed by atoms with Crippen molar-refractivity contribution in [1.29, 1.82) is 0 Å². The first-order chi connectivity index (χ1) is 49.8. The summed E-state index contributed by atoms with van der Waals surface area (Å²) in [4.78, 5) is 39.9. The normalized spacial score (nSPS) is 12.0. The number of amides is 3. The van der Waals surface area contributed by atoms with Crippen LogP contribution < -0.4 is 76.2 Å². The fraction of sp³-hybridized carbons (Fsp3) is 0.321. The molecule has 0 bridgehead atoms. The molecule has 3 N–H and O–H groups in total. The average Bonchev–Trinajstić information content (AvgIpc) is 1.21. The average molecular weight is 1430 g/mol. The van der Waals surface area contributed by atoms with Crippen LogP contribution in [0.4, 0.5) is 0 Å². The highest BCUT2D eigenvalue weighted by Gasteiger charge is 2.33. The monoisotopic (exact) mass is 1430 g/mol. The number of carbonyl (C=O) groups excluding carboxylic acids is 3. The van der Waals surface area contributed by atoms with Crippen LogP contribution in [0.5, 0.6) is 34.5 Å². The van der Waals surface area contributed by atoms with Gasteiger partial charge in [-0.1, -0.05) is 221 Å². The lowest BCUT2D eigenvalue weighted by Crippen LogP contribution is -2.31. The Labute approximate surface area is 602 Å². The molecule has 10 rings (SSSR count). The maximum absolute atomic E-state index is 14.5. The Morgan fingerprint density at radius 1 is 0.284 bits per heavy atom. The zero-order chi connectivity index (χ0) is 71.4. The second-order valence-electron chi connectivity index (χ2n) is 25.9. The van der Waals surface area contributed by atoms with E-state index in [9.17, 15) is 28.1 Å². The number of hydrogen-bond donors (Lipinski definition) is 3. The van der Waals surface area contributed by atoms with E-state index in [4.69, 9.17) is 28.4 Å². The van der Waals surface area contributed by atoms with Gasteiger partial charge in [0.15, 0.2) is 55.9 Å². The van der Waals surface area contributed by atoms with E-state index in [1.165, 1.54) is 0 Å². The van der Waals surface area contributed by atoms with Crippen LogP contribution in [0, 0.1) is 0 Å². The van der Waals surface area contributed by atoms with Crippen molar-refractivity contribution in [2.75, 3.05) is 79.3 Å². The van der Waals surface area contributed by atoms with Gasteiger partial charge in [0.2, 0.25) is 17.7 Å². The summed E-state index contributed by atoms with van der Waals surface area (Å²) >= 11 is 0. The second-order valence-corrected chi connectivity index (χ2v) is 34.4. The molecule has 0 radical (unpaired) electrons. The summed E-state index contributed by atoms with van der Waals surface area (Å²) in [6, 6.07) is 68.2. The van der Waals surface area contributed by atoms with Crippen molar-refractivity contribution in [2.45, 2.75) is 96.3 Å². The molecular weight excluding hydrogens is 1340 g/mol. The molecule has 0 heterocycles. The fourth-order valence-corrected chi connectivity index (χ4v) is 20.6. The molecule has 0 saturated carbocycles. The van der Waals surface area contributed by atoms with E-state index in [1.807, 2.05) is 182 Å². The molecule has 9 aromatic carbocycles. The van der Waals surface area contributed by atoms with Crippen molar-refractivity contribution in [3.8, 4) is 34.5 Å². The zero-order valence-corrected chi connectivity index (χ0v) is 61.7. The van der Waals surface area contributed by atoms with Crippen molar-refractivity contribution in [3.05, 3.63) is 252 Å². The van der Waals surface area contributed by atoms with Crippen molar-refractivity contribution >= 4 is 71.0 Å². The third-order valence-corrected chi connectivity index (χ3v) is 27.7. The second kappa shape index (κ2) is 38.2. The minimum Gasteiger partial charge on any atom is -0.493 e. The van der Waals surface area contributed by atoms with E-state index < -0.39 is 21.4 Å². The van der Waals surface area contributed by atoms with E-state index >= 15 is 0 Å². The van der Waals surface area contributed by atoms with E-state index in [1.54, 1.807) is 21.3 Å². The van der Waals surface area contributed by atoms with E-state index in [-0.39, 0.29) is 36.2 Å². The predicted molar refractivity (Wildman–Crippen MR) is 412 cm³/mol. The van der Waals surface area contributed by atoms with Gasteiger partial charge >= 0.3 is 0 Å². The van der Waals surface area contributed by atoms with E-state index in [2.05, 4.69) is 52.3 Å². The Morgan fingerprint density at radius 3 is 0.686 bits per heavy atom.